The summed E-state index contributed by atoms with van der Waals surface area (Å²) in [6.45, 7) is 5.98. The van der Waals surface area contributed by atoms with Crippen molar-refractivity contribution in [1.82, 2.24) is 9.71 Å². The Morgan fingerprint density at radius 2 is 1.70 bits per heavy atom. The average Bonchev–Trinajstić information content (AvgIpc) is 2.52. The van der Waals surface area contributed by atoms with E-state index < -0.39 is 10.0 Å². The van der Waals surface area contributed by atoms with Gasteiger partial charge in [-0.2, -0.15) is 0 Å². The van der Waals surface area contributed by atoms with Gasteiger partial charge in [-0.1, -0.05) is 33.1 Å². The Labute approximate surface area is 140 Å². The third-order valence-corrected chi connectivity index (χ3v) is 6.02. The average molecular weight is 340 g/mol. The SMILES string of the molecule is CCC(CC)NS(=O)(=O)c1ccc(N2CCCCCCC2)nc1. The monoisotopic (exact) mass is 339 g/mol. The molecule has 130 valence electrons. The van der Waals surface area contributed by atoms with Crippen molar-refractivity contribution in [3.05, 3.63) is 18.3 Å². The molecule has 0 aliphatic carbocycles. The van der Waals surface area contributed by atoms with Gasteiger partial charge in [0.1, 0.15) is 10.7 Å². The zero-order valence-corrected chi connectivity index (χ0v) is 15.1. The predicted molar refractivity (Wildman–Crippen MR) is 94.2 cm³/mol. The molecule has 0 bridgehead atoms. The van der Waals surface area contributed by atoms with Gasteiger partial charge in [-0.05, 0) is 37.8 Å². The normalized spacial score (nSPS) is 17.1. The molecule has 2 heterocycles. The van der Waals surface area contributed by atoms with E-state index in [0.29, 0.717) is 0 Å². The van der Waals surface area contributed by atoms with Crippen molar-refractivity contribution >= 4 is 15.8 Å². The van der Waals surface area contributed by atoms with Crippen molar-refractivity contribution in [2.45, 2.75) is 69.7 Å². The lowest BCUT2D eigenvalue weighted by Gasteiger charge is -2.25. The second-order valence-electron chi connectivity index (χ2n) is 6.24. The lowest BCUT2D eigenvalue weighted by molar-refractivity contribution is 0.530. The molecule has 1 fully saturated rings. The van der Waals surface area contributed by atoms with E-state index in [2.05, 4.69) is 14.6 Å². The van der Waals surface area contributed by atoms with Crippen molar-refractivity contribution in [3.8, 4) is 0 Å². The second-order valence-corrected chi connectivity index (χ2v) is 7.96. The zero-order chi connectivity index (χ0) is 16.7. The first kappa shape index (κ1) is 18.2. The molecule has 0 atom stereocenters. The summed E-state index contributed by atoms with van der Waals surface area (Å²) in [7, 11) is -3.48. The molecule has 1 aromatic rings. The van der Waals surface area contributed by atoms with Gasteiger partial charge in [0, 0.05) is 25.3 Å². The Bertz CT molecular complexity index is 560. The summed E-state index contributed by atoms with van der Waals surface area (Å²) in [4.78, 5) is 6.92. The van der Waals surface area contributed by atoms with E-state index in [9.17, 15) is 8.42 Å². The fraction of sp³-hybridized carbons (Fsp3) is 0.706. The van der Waals surface area contributed by atoms with Crippen LogP contribution in [-0.4, -0.2) is 32.5 Å². The molecule has 6 heteroatoms. The van der Waals surface area contributed by atoms with Crippen LogP contribution in [0.4, 0.5) is 5.82 Å². The van der Waals surface area contributed by atoms with Gasteiger partial charge in [-0.15, -0.1) is 0 Å². The molecule has 0 amide bonds. The largest absolute Gasteiger partial charge is 0.357 e. The Morgan fingerprint density at radius 3 is 2.22 bits per heavy atom. The fourth-order valence-electron chi connectivity index (χ4n) is 2.94. The number of sulfonamides is 1. The van der Waals surface area contributed by atoms with Crippen LogP contribution in [0.1, 0.15) is 58.8 Å². The molecular formula is C17H29N3O2S. The molecule has 0 radical (unpaired) electrons. The van der Waals surface area contributed by atoms with E-state index in [-0.39, 0.29) is 10.9 Å². The number of anilines is 1. The number of nitrogens with zero attached hydrogens (tertiary/aromatic N) is 2. The summed E-state index contributed by atoms with van der Waals surface area (Å²) in [5.74, 6) is 0.883. The van der Waals surface area contributed by atoms with Gasteiger partial charge in [0.25, 0.3) is 0 Å². The molecule has 1 N–H and O–H groups in total. The van der Waals surface area contributed by atoms with Crippen LogP contribution in [0.5, 0.6) is 0 Å². The third kappa shape index (κ3) is 5.18. The van der Waals surface area contributed by atoms with Crippen molar-refractivity contribution < 1.29 is 8.42 Å². The number of aromatic nitrogens is 1. The number of hydrogen-bond acceptors (Lipinski definition) is 4. The van der Waals surface area contributed by atoms with Crippen molar-refractivity contribution in [3.63, 3.8) is 0 Å². The number of hydrogen-bond donors (Lipinski definition) is 1. The summed E-state index contributed by atoms with van der Waals surface area (Å²) in [6.07, 6.45) is 9.27. The van der Waals surface area contributed by atoms with Crippen LogP contribution < -0.4 is 9.62 Å². The van der Waals surface area contributed by atoms with Gasteiger partial charge in [-0.3, -0.25) is 0 Å². The van der Waals surface area contributed by atoms with E-state index in [1.165, 1.54) is 38.3 Å². The third-order valence-electron chi connectivity index (χ3n) is 4.52. The quantitative estimate of drug-likeness (QED) is 0.863. The summed E-state index contributed by atoms with van der Waals surface area (Å²) in [5, 5.41) is 0. The zero-order valence-electron chi connectivity index (χ0n) is 14.3. The standard InChI is InChI=1S/C17H29N3O2S/c1-3-15(4-2)19-23(21,22)16-10-11-17(18-14-16)20-12-8-6-5-7-9-13-20/h10-11,14-15,19H,3-9,12-13H2,1-2H3. The highest BCUT2D eigenvalue weighted by Crippen LogP contribution is 2.19. The van der Waals surface area contributed by atoms with Gasteiger partial charge in [0.05, 0.1) is 0 Å². The Kier molecular flexibility index (Phi) is 6.84. The highest BCUT2D eigenvalue weighted by Gasteiger charge is 2.19. The Balaban J connectivity index is 2.08. The smallest absolute Gasteiger partial charge is 0.242 e. The lowest BCUT2D eigenvalue weighted by Crippen LogP contribution is -2.34. The maximum Gasteiger partial charge on any atom is 0.242 e. The van der Waals surface area contributed by atoms with Crippen molar-refractivity contribution in [1.29, 1.82) is 0 Å². The first-order valence-corrected chi connectivity index (χ1v) is 10.3. The van der Waals surface area contributed by atoms with Crippen LogP contribution in [0.15, 0.2) is 23.2 Å². The molecule has 2 rings (SSSR count). The molecule has 0 saturated carbocycles. The first-order valence-electron chi connectivity index (χ1n) is 8.80. The van der Waals surface area contributed by atoms with Gasteiger partial charge < -0.3 is 4.90 Å². The molecule has 1 aliphatic heterocycles. The minimum absolute atomic E-state index is 0.0194. The highest BCUT2D eigenvalue weighted by atomic mass is 32.2. The summed E-state index contributed by atoms with van der Waals surface area (Å²) >= 11 is 0. The minimum atomic E-state index is -3.48. The van der Waals surface area contributed by atoms with Gasteiger partial charge >= 0.3 is 0 Å². The van der Waals surface area contributed by atoms with E-state index in [1.807, 2.05) is 19.9 Å². The summed E-state index contributed by atoms with van der Waals surface area (Å²) < 4.78 is 27.5. The highest BCUT2D eigenvalue weighted by molar-refractivity contribution is 7.89. The van der Waals surface area contributed by atoms with Crippen LogP contribution in [0.2, 0.25) is 0 Å². The molecule has 1 aliphatic rings. The van der Waals surface area contributed by atoms with E-state index >= 15 is 0 Å². The van der Waals surface area contributed by atoms with Gasteiger partial charge in [0.2, 0.25) is 10.0 Å². The predicted octanol–water partition coefficient (Wildman–Crippen LogP) is 3.32. The molecule has 1 aromatic heterocycles. The molecular weight excluding hydrogens is 310 g/mol. The molecule has 0 aromatic carbocycles. The summed E-state index contributed by atoms with van der Waals surface area (Å²) in [5.41, 5.74) is 0. The van der Waals surface area contributed by atoms with E-state index in [4.69, 9.17) is 0 Å². The molecule has 5 nitrogen and oxygen atoms in total. The maximum absolute atomic E-state index is 12.4. The minimum Gasteiger partial charge on any atom is -0.357 e. The van der Waals surface area contributed by atoms with Crippen LogP contribution in [0, 0.1) is 0 Å². The Morgan fingerprint density at radius 1 is 1.09 bits per heavy atom. The second kappa shape index (κ2) is 8.64. The van der Waals surface area contributed by atoms with E-state index in [1.54, 1.807) is 6.07 Å². The van der Waals surface area contributed by atoms with Crippen LogP contribution in [0.25, 0.3) is 0 Å². The Hall–Kier alpha value is -1.14. The van der Waals surface area contributed by atoms with Gasteiger partial charge in [-0.25, -0.2) is 18.1 Å². The van der Waals surface area contributed by atoms with Gasteiger partial charge in [0.15, 0.2) is 0 Å². The molecule has 23 heavy (non-hydrogen) atoms. The first-order chi connectivity index (χ1) is 11.1. The lowest BCUT2D eigenvalue weighted by atomic mass is 10.1. The molecule has 0 unspecified atom stereocenters. The van der Waals surface area contributed by atoms with Crippen LogP contribution in [0.3, 0.4) is 0 Å². The fourth-order valence-corrected chi connectivity index (χ4v) is 4.28. The topological polar surface area (TPSA) is 62.3 Å². The van der Waals surface area contributed by atoms with E-state index in [0.717, 1.165) is 31.7 Å². The number of rotatable bonds is 6. The van der Waals surface area contributed by atoms with Crippen molar-refractivity contribution in [2.75, 3.05) is 18.0 Å². The number of nitrogens with one attached hydrogen (secondary N) is 1. The number of pyridine rings is 1. The van der Waals surface area contributed by atoms with Crippen LogP contribution in [-0.2, 0) is 10.0 Å². The molecule has 1 saturated heterocycles. The summed E-state index contributed by atoms with van der Waals surface area (Å²) in [6, 6.07) is 3.49. The maximum atomic E-state index is 12.4. The van der Waals surface area contributed by atoms with Crippen molar-refractivity contribution in [2.24, 2.45) is 0 Å². The van der Waals surface area contributed by atoms with Crippen LogP contribution >= 0.6 is 0 Å². The molecule has 0 spiro atoms.